The predicted molar refractivity (Wildman–Crippen MR) is 52.4 cm³/mol. The molecule has 64 valence electrons. The van der Waals surface area contributed by atoms with Crippen LogP contribution in [0.15, 0.2) is 18.2 Å². The van der Waals surface area contributed by atoms with Crippen molar-refractivity contribution in [2.75, 3.05) is 11.1 Å². The maximum atomic E-state index is 5.68. The molecule has 1 heterocycles. The Kier molecular flexibility index (Phi) is 1.50. The van der Waals surface area contributed by atoms with Crippen molar-refractivity contribution >= 4 is 11.4 Å². The van der Waals surface area contributed by atoms with E-state index in [1.807, 2.05) is 12.1 Å². The van der Waals surface area contributed by atoms with Crippen molar-refractivity contribution < 1.29 is 0 Å². The van der Waals surface area contributed by atoms with Crippen LogP contribution in [0.1, 0.15) is 25.3 Å². The maximum absolute atomic E-state index is 5.68. The van der Waals surface area contributed by atoms with E-state index < -0.39 is 0 Å². The van der Waals surface area contributed by atoms with Gasteiger partial charge in [-0.2, -0.15) is 0 Å². The van der Waals surface area contributed by atoms with E-state index in [-0.39, 0.29) is 0 Å². The van der Waals surface area contributed by atoms with Gasteiger partial charge in [-0.3, -0.25) is 0 Å². The molecular formula is C10H14N2. The maximum Gasteiger partial charge on any atom is 0.0399 e. The Hall–Kier alpha value is -1.18. The van der Waals surface area contributed by atoms with Gasteiger partial charge in [-0.1, -0.05) is 13.0 Å². The summed E-state index contributed by atoms with van der Waals surface area (Å²) in [5, 5.41) is 3.41. The molecule has 1 aliphatic rings. The van der Waals surface area contributed by atoms with Crippen molar-refractivity contribution in [1.29, 1.82) is 0 Å². The van der Waals surface area contributed by atoms with E-state index in [1.165, 1.54) is 11.3 Å². The molecule has 1 aromatic rings. The van der Waals surface area contributed by atoms with Gasteiger partial charge < -0.3 is 11.1 Å². The third-order valence-electron chi connectivity index (χ3n) is 2.70. The highest BCUT2D eigenvalue weighted by Gasteiger charge is 2.24. The van der Waals surface area contributed by atoms with Gasteiger partial charge in [0.1, 0.15) is 0 Å². The van der Waals surface area contributed by atoms with E-state index in [2.05, 4.69) is 25.2 Å². The number of hydrogen-bond acceptors (Lipinski definition) is 2. The Labute approximate surface area is 72.8 Å². The molecule has 0 radical (unpaired) electrons. The van der Waals surface area contributed by atoms with Gasteiger partial charge in [0, 0.05) is 23.3 Å². The number of nitrogen functional groups attached to an aromatic ring is 1. The lowest BCUT2D eigenvalue weighted by atomic mass is 9.98. The average Bonchev–Trinajstić information content (AvgIpc) is 2.28. The number of benzene rings is 1. The zero-order valence-corrected chi connectivity index (χ0v) is 7.46. The van der Waals surface area contributed by atoms with Crippen LogP contribution in [0.2, 0.25) is 0 Å². The van der Waals surface area contributed by atoms with Crippen molar-refractivity contribution in [3.8, 4) is 0 Å². The van der Waals surface area contributed by atoms with Crippen LogP contribution in [0.25, 0.3) is 0 Å². The van der Waals surface area contributed by atoms with Crippen molar-refractivity contribution in [2.24, 2.45) is 0 Å². The minimum atomic E-state index is 0.529. The highest BCUT2D eigenvalue weighted by Crippen LogP contribution is 2.36. The van der Waals surface area contributed by atoms with Crippen LogP contribution in [0, 0.1) is 0 Å². The molecule has 0 aliphatic carbocycles. The smallest absolute Gasteiger partial charge is 0.0399 e. The molecule has 2 heteroatoms. The monoisotopic (exact) mass is 162 g/mol. The van der Waals surface area contributed by atoms with Gasteiger partial charge in [0.2, 0.25) is 0 Å². The third kappa shape index (κ3) is 0.951. The third-order valence-corrected chi connectivity index (χ3v) is 2.70. The Morgan fingerprint density at radius 1 is 1.33 bits per heavy atom. The molecule has 0 fully saturated rings. The quantitative estimate of drug-likeness (QED) is 0.574. The average molecular weight is 162 g/mol. The summed E-state index contributed by atoms with van der Waals surface area (Å²) in [5.74, 6) is 0.598. The molecule has 3 N–H and O–H groups in total. The lowest BCUT2D eigenvalue weighted by Crippen LogP contribution is -2.12. The fourth-order valence-corrected chi connectivity index (χ4v) is 1.74. The zero-order chi connectivity index (χ0) is 8.72. The second-order valence-electron chi connectivity index (χ2n) is 3.57. The molecule has 0 spiro atoms. The summed E-state index contributed by atoms with van der Waals surface area (Å²) in [6, 6.07) is 6.62. The molecule has 2 nitrogen and oxygen atoms in total. The standard InChI is InChI=1S/C10H14N2/c1-6-7(2)12-10-5-8(11)3-4-9(6)10/h3-7,12H,11H2,1-2H3. The highest BCUT2D eigenvalue weighted by molar-refractivity contribution is 5.64. The first kappa shape index (κ1) is 7.47. The van der Waals surface area contributed by atoms with Gasteiger partial charge in [-0.25, -0.2) is 0 Å². The van der Waals surface area contributed by atoms with Crippen LogP contribution in [0.5, 0.6) is 0 Å². The SMILES string of the molecule is CC1Nc2cc(N)ccc2C1C. The zero-order valence-electron chi connectivity index (χ0n) is 7.46. The van der Waals surface area contributed by atoms with E-state index in [1.54, 1.807) is 0 Å². The molecular weight excluding hydrogens is 148 g/mol. The first-order chi connectivity index (χ1) is 5.68. The van der Waals surface area contributed by atoms with Crippen LogP contribution >= 0.6 is 0 Å². The van der Waals surface area contributed by atoms with Gasteiger partial charge in [0.25, 0.3) is 0 Å². The summed E-state index contributed by atoms with van der Waals surface area (Å²) in [5.41, 5.74) is 9.11. The molecule has 0 amide bonds. The first-order valence-corrected chi connectivity index (χ1v) is 4.34. The van der Waals surface area contributed by atoms with Crippen LogP contribution < -0.4 is 11.1 Å². The van der Waals surface area contributed by atoms with Crippen LogP contribution in [-0.4, -0.2) is 6.04 Å². The lowest BCUT2D eigenvalue weighted by Gasteiger charge is -2.08. The van der Waals surface area contributed by atoms with E-state index >= 15 is 0 Å². The van der Waals surface area contributed by atoms with Crippen molar-refractivity contribution in [3.63, 3.8) is 0 Å². The lowest BCUT2D eigenvalue weighted by molar-refractivity contribution is 0.690. The number of rotatable bonds is 0. The molecule has 1 aromatic carbocycles. The normalized spacial score (nSPS) is 26.5. The van der Waals surface area contributed by atoms with Crippen molar-refractivity contribution in [1.82, 2.24) is 0 Å². The minimum Gasteiger partial charge on any atom is -0.399 e. The van der Waals surface area contributed by atoms with E-state index in [0.717, 1.165) is 5.69 Å². The Morgan fingerprint density at radius 3 is 2.83 bits per heavy atom. The van der Waals surface area contributed by atoms with Gasteiger partial charge in [-0.15, -0.1) is 0 Å². The molecule has 0 aromatic heterocycles. The van der Waals surface area contributed by atoms with Crippen molar-refractivity contribution in [3.05, 3.63) is 23.8 Å². The molecule has 1 aliphatic heterocycles. The van der Waals surface area contributed by atoms with Crippen LogP contribution in [0.3, 0.4) is 0 Å². The molecule has 2 unspecified atom stereocenters. The second kappa shape index (κ2) is 2.41. The van der Waals surface area contributed by atoms with Gasteiger partial charge >= 0.3 is 0 Å². The number of anilines is 2. The Bertz CT molecular complexity index is 307. The molecule has 0 saturated heterocycles. The predicted octanol–water partition coefficient (Wildman–Crippen LogP) is 2.19. The fraction of sp³-hybridized carbons (Fsp3) is 0.400. The fourth-order valence-electron chi connectivity index (χ4n) is 1.74. The summed E-state index contributed by atoms with van der Waals surface area (Å²) in [4.78, 5) is 0. The van der Waals surface area contributed by atoms with Crippen LogP contribution in [0.4, 0.5) is 11.4 Å². The summed E-state index contributed by atoms with van der Waals surface area (Å²) in [7, 11) is 0. The van der Waals surface area contributed by atoms with E-state index in [0.29, 0.717) is 12.0 Å². The minimum absolute atomic E-state index is 0.529. The van der Waals surface area contributed by atoms with Gasteiger partial charge in [0.15, 0.2) is 0 Å². The summed E-state index contributed by atoms with van der Waals surface area (Å²) in [6.07, 6.45) is 0. The van der Waals surface area contributed by atoms with Crippen molar-refractivity contribution in [2.45, 2.75) is 25.8 Å². The summed E-state index contributed by atoms with van der Waals surface area (Å²) < 4.78 is 0. The second-order valence-corrected chi connectivity index (χ2v) is 3.57. The molecule has 0 saturated carbocycles. The van der Waals surface area contributed by atoms with E-state index in [4.69, 9.17) is 5.73 Å². The van der Waals surface area contributed by atoms with Gasteiger partial charge in [0.05, 0.1) is 0 Å². The molecule has 0 bridgehead atoms. The number of nitrogens with two attached hydrogens (primary N) is 1. The highest BCUT2D eigenvalue weighted by atomic mass is 15.0. The summed E-state index contributed by atoms with van der Waals surface area (Å²) in [6.45, 7) is 4.43. The first-order valence-electron chi connectivity index (χ1n) is 4.34. The molecule has 2 rings (SSSR count). The van der Waals surface area contributed by atoms with Crippen LogP contribution in [-0.2, 0) is 0 Å². The number of hydrogen-bond donors (Lipinski definition) is 2. The molecule has 12 heavy (non-hydrogen) atoms. The molecule has 2 atom stereocenters. The topological polar surface area (TPSA) is 38.0 Å². The largest absolute Gasteiger partial charge is 0.399 e. The Balaban J connectivity index is 2.47. The van der Waals surface area contributed by atoms with Gasteiger partial charge in [-0.05, 0) is 24.6 Å². The Morgan fingerprint density at radius 2 is 2.08 bits per heavy atom. The summed E-state index contributed by atoms with van der Waals surface area (Å²) >= 11 is 0. The number of fused-ring (bicyclic) bond motifs is 1. The number of nitrogens with one attached hydrogen (secondary N) is 1. The van der Waals surface area contributed by atoms with E-state index in [9.17, 15) is 0 Å².